The number of carbonyl (C=O) groups excluding carboxylic acids is 1. The van der Waals surface area contributed by atoms with E-state index >= 15 is 0 Å². The molecule has 2 unspecified atom stereocenters. The van der Waals surface area contributed by atoms with Crippen LogP contribution in [-0.2, 0) is 19.0 Å². The Balaban J connectivity index is 2.23. The summed E-state index contributed by atoms with van der Waals surface area (Å²) in [7, 11) is 0. The molecule has 2 heterocycles. The number of ketones is 1. The molecule has 29 heavy (non-hydrogen) atoms. The van der Waals surface area contributed by atoms with Crippen molar-refractivity contribution in [2.75, 3.05) is 19.8 Å². The standard InChI is InChI=1S/C15H26O14/c16-1-4(19)12(24)15(26)13(25)10(23)11(6(3-18)29-15)28-14-9(22)8(21)7(20)5(2-17)27-14/h4-11,13-14,16-23,25-26H,1-3H2/t4?,5-,6-,7+,8+,9-,10+,11-,13-,14+,15?/m1/s1. The van der Waals surface area contributed by atoms with Gasteiger partial charge in [-0.1, -0.05) is 0 Å². The lowest BCUT2D eigenvalue weighted by Gasteiger charge is -2.48. The van der Waals surface area contributed by atoms with Crippen LogP contribution >= 0.6 is 0 Å². The molecule has 14 nitrogen and oxygen atoms in total. The van der Waals surface area contributed by atoms with Gasteiger partial charge in [0.15, 0.2) is 6.29 Å². The smallest absolute Gasteiger partial charge is 0.259 e. The second kappa shape index (κ2) is 9.52. The summed E-state index contributed by atoms with van der Waals surface area (Å²) in [6.45, 7) is -2.88. The Morgan fingerprint density at radius 3 is 2.03 bits per heavy atom. The summed E-state index contributed by atoms with van der Waals surface area (Å²) in [5.74, 6) is -4.79. The van der Waals surface area contributed by atoms with Crippen molar-refractivity contribution in [3.8, 4) is 0 Å². The number of aliphatic hydroxyl groups is 10. The van der Waals surface area contributed by atoms with Crippen LogP contribution in [-0.4, -0.2) is 144 Å². The van der Waals surface area contributed by atoms with Crippen LogP contribution in [0.5, 0.6) is 0 Å². The molecule has 0 aromatic carbocycles. The lowest BCUT2D eigenvalue weighted by molar-refractivity contribution is -0.373. The monoisotopic (exact) mass is 430 g/mol. The SMILES string of the molecule is O=C(C(O)CO)C1(O)O[C@H](CO)[C@@H](O[C@@H]2O[C@H](CO)[C@H](O)[C@H](O)[C@H]2O)[C@H](O)[C@H]1O. The summed E-state index contributed by atoms with van der Waals surface area (Å²) in [6, 6.07) is 0. The zero-order chi connectivity index (χ0) is 22.1. The Morgan fingerprint density at radius 1 is 0.931 bits per heavy atom. The highest BCUT2D eigenvalue weighted by Gasteiger charge is 2.60. The molecule has 0 amide bonds. The van der Waals surface area contributed by atoms with Gasteiger partial charge in [0.2, 0.25) is 5.78 Å². The number of ether oxygens (including phenoxy) is 3. The van der Waals surface area contributed by atoms with Gasteiger partial charge in [-0.2, -0.15) is 0 Å². The number of aliphatic hydroxyl groups excluding tert-OH is 9. The van der Waals surface area contributed by atoms with Crippen molar-refractivity contribution in [1.29, 1.82) is 0 Å². The maximum absolute atomic E-state index is 12.0. The van der Waals surface area contributed by atoms with E-state index in [1.807, 2.05) is 0 Å². The van der Waals surface area contributed by atoms with E-state index in [0.29, 0.717) is 0 Å². The number of carbonyl (C=O) groups is 1. The van der Waals surface area contributed by atoms with Gasteiger partial charge in [0.05, 0.1) is 19.8 Å². The molecule has 170 valence electrons. The lowest BCUT2D eigenvalue weighted by Crippen LogP contribution is -2.71. The minimum absolute atomic E-state index is 0.770. The van der Waals surface area contributed by atoms with Crippen molar-refractivity contribution < 1.29 is 70.1 Å². The third-order valence-corrected chi connectivity index (χ3v) is 4.91. The van der Waals surface area contributed by atoms with Crippen molar-refractivity contribution in [2.24, 2.45) is 0 Å². The molecule has 11 atom stereocenters. The van der Waals surface area contributed by atoms with Crippen molar-refractivity contribution in [3.63, 3.8) is 0 Å². The lowest BCUT2D eigenvalue weighted by atomic mass is 9.88. The molecule has 14 heteroatoms. The van der Waals surface area contributed by atoms with E-state index in [9.17, 15) is 50.8 Å². The van der Waals surface area contributed by atoms with Crippen LogP contribution < -0.4 is 0 Å². The van der Waals surface area contributed by atoms with E-state index in [1.165, 1.54) is 0 Å². The van der Waals surface area contributed by atoms with Crippen molar-refractivity contribution >= 4 is 5.78 Å². The molecule has 0 aliphatic carbocycles. The van der Waals surface area contributed by atoms with E-state index in [4.69, 9.17) is 19.3 Å². The number of hydrogen-bond acceptors (Lipinski definition) is 14. The molecular weight excluding hydrogens is 404 g/mol. The van der Waals surface area contributed by atoms with Gasteiger partial charge in [-0.25, -0.2) is 0 Å². The fourth-order valence-electron chi connectivity index (χ4n) is 3.17. The zero-order valence-electron chi connectivity index (χ0n) is 15.0. The maximum atomic E-state index is 12.0. The molecule has 0 aromatic rings. The van der Waals surface area contributed by atoms with Crippen LogP contribution in [0.4, 0.5) is 0 Å². The largest absolute Gasteiger partial charge is 0.394 e. The average Bonchev–Trinajstić information content (AvgIpc) is 2.72. The Morgan fingerprint density at radius 2 is 1.52 bits per heavy atom. The molecule has 2 aliphatic rings. The van der Waals surface area contributed by atoms with Gasteiger partial charge < -0.3 is 65.3 Å². The quantitative estimate of drug-likeness (QED) is 0.180. The van der Waals surface area contributed by atoms with Crippen molar-refractivity contribution in [1.82, 2.24) is 0 Å². The van der Waals surface area contributed by atoms with E-state index in [1.54, 1.807) is 0 Å². The first-order valence-electron chi connectivity index (χ1n) is 8.69. The Kier molecular flexibility index (Phi) is 8.02. The van der Waals surface area contributed by atoms with E-state index in [2.05, 4.69) is 0 Å². The van der Waals surface area contributed by atoms with Crippen LogP contribution in [0.3, 0.4) is 0 Å². The van der Waals surface area contributed by atoms with E-state index < -0.39 is 92.6 Å². The summed E-state index contributed by atoms with van der Waals surface area (Å²) < 4.78 is 15.3. The average molecular weight is 430 g/mol. The maximum Gasteiger partial charge on any atom is 0.259 e. The summed E-state index contributed by atoms with van der Waals surface area (Å²) in [5.41, 5.74) is 0. The number of rotatable bonds is 7. The molecule has 2 saturated heterocycles. The summed E-state index contributed by atoms with van der Waals surface area (Å²) >= 11 is 0. The third kappa shape index (κ3) is 4.45. The molecule has 0 radical (unpaired) electrons. The van der Waals surface area contributed by atoms with Crippen LogP contribution in [0.15, 0.2) is 0 Å². The third-order valence-electron chi connectivity index (χ3n) is 4.91. The van der Waals surface area contributed by atoms with Gasteiger partial charge >= 0.3 is 0 Å². The second-order valence-corrected chi connectivity index (χ2v) is 6.83. The molecule has 0 saturated carbocycles. The summed E-state index contributed by atoms with van der Waals surface area (Å²) in [5, 5.41) is 97.3. The zero-order valence-corrected chi connectivity index (χ0v) is 15.0. The Bertz CT molecular complexity index is 557. The molecule has 0 spiro atoms. The van der Waals surface area contributed by atoms with Gasteiger partial charge in [0.1, 0.15) is 54.9 Å². The van der Waals surface area contributed by atoms with Gasteiger partial charge in [-0.3, -0.25) is 4.79 Å². The molecule has 0 bridgehead atoms. The predicted molar refractivity (Wildman–Crippen MR) is 85.7 cm³/mol. The Labute approximate surface area is 163 Å². The highest BCUT2D eigenvalue weighted by molar-refractivity contribution is 5.90. The van der Waals surface area contributed by atoms with E-state index in [-0.39, 0.29) is 0 Å². The normalized spacial score (nSPS) is 47.0. The minimum atomic E-state index is -3.20. The minimum Gasteiger partial charge on any atom is -0.394 e. The fraction of sp³-hybridized carbons (Fsp3) is 0.933. The van der Waals surface area contributed by atoms with Gasteiger partial charge in [0.25, 0.3) is 5.79 Å². The molecule has 0 aromatic heterocycles. The second-order valence-electron chi connectivity index (χ2n) is 6.83. The molecule has 2 rings (SSSR count). The van der Waals surface area contributed by atoms with Gasteiger partial charge in [-0.15, -0.1) is 0 Å². The molecule has 2 aliphatic heterocycles. The first-order valence-corrected chi connectivity index (χ1v) is 8.69. The van der Waals surface area contributed by atoms with Crippen molar-refractivity contribution in [3.05, 3.63) is 0 Å². The molecule has 2 fully saturated rings. The molecule has 10 N–H and O–H groups in total. The van der Waals surface area contributed by atoms with Crippen molar-refractivity contribution in [2.45, 2.75) is 67.0 Å². The van der Waals surface area contributed by atoms with Gasteiger partial charge in [-0.05, 0) is 0 Å². The van der Waals surface area contributed by atoms with Gasteiger partial charge in [0, 0.05) is 0 Å². The molecular formula is C15H26O14. The van der Waals surface area contributed by atoms with Crippen LogP contribution in [0.2, 0.25) is 0 Å². The topological polar surface area (TPSA) is 247 Å². The highest BCUT2D eigenvalue weighted by Crippen LogP contribution is 2.33. The summed E-state index contributed by atoms with van der Waals surface area (Å²) in [4.78, 5) is 12.0. The van der Waals surface area contributed by atoms with E-state index in [0.717, 1.165) is 0 Å². The Hall–Kier alpha value is -0.850. The number of Topliss-reactive ketones (excluding diaryl/α,β-unsaturated/α-hetero) is 1. The van der Waals surface area contributed by atoms with Crippen LogP contribution in [0.25, 0.3) is 0 Å². The first kappa shape index (κ1) is 24.4. The number of hydrogen-bond donors (Lipinski definition) is 10. The predicted octanol–water partition coefficient (Wildman–Crippen LogP) is -7.10. The van der Waals surface area contributed by atoms with Crippen LogP contribution in [0.1, 0.15) is 0 Å². The first-order chi connectivity index (χ1) is 13.5. The summed E-state index contributed by atoms with van der Waals surface area (Å²) in [6.07, 6.45) is -18.7. The van der Waals surface area contributed by atoms with Crippen LogP contribution in [0, 0.1) is 0 Å². The highest BCUT2D eigenvalue weighted by atomic mass is 16.7. The fourth-order valence-corrected chi connectivity index (χ4v) is 3.17.